The van der Waals surface area contributed by atoms with Gasteiger partial charge in [-0.05, 0) is 42.2 Å². The first-order valence-electron chi connectivity index (χ1n) is 12.6. The largest absolute Gasteiger partial charge is 0.507 e. The van der Waals surface area contributed by atoms with Crippen molar-refractivity contribution in [1.82, 2.24) is 20.0 Å². The molecule has 10 heteroatoms. The monoisotopic (exact) mass is 510 g/mol. The molecule has 0 aromatic heterocycles. The highest BCUT2D eigenvalue weighted by Crippen LogP contribution is 2.33. The molecular weight excluding hydrogens is 476 g/mol. The molecule has 4 rings (SSSR count). The zero-order valence-electron chi connectivity index (χ0n) is 21.3. The molecular formula is C27H34N4O6. The van der Waals surface area contributed by atoms with Crippen LogP contribution < -0.4 is 10.1 Å². The summed E-state index contributed by atoms with van der Waals surface area (Å²) in [5, 5.41) is 23.4. The van der Waals surface area contributed by atoms with E-state index in [9.17, 15) is 24.6 Å². The summed E-state index contributed by atoms with van der Waals surface area (Å²) < 4.78 is 5.91. The van der Waals surface area contributed by atoms with Crippen LogP contribution >= 0.6 is 0 Å². The Morgan fingerprint density at radius 2 is 1.81 bits per heavy atom. The zero-order valence-corrected chi connectivity index (χ0v) is 21.3. The van der Waals surface area contributed by atoms with Crippen molar-refractivity contribution in [1.29, 1.82) is 0 Å². The number of nitrogens with one attached hydrogen (secondary N) is 1. The third kappa shape index (κ3) is 6.14. The van der Waals surface area contributed by atoms with Crippen molar-refractivity contribution in [2.45, 2.75) is 32.9 Å². The number of benzene rings is 2. The van der Waals surface area contributed by atoms with Gasteiger partial charge in [-0.15, -0.1) is 0 Å². The van der Waals surface area contributed by atoms with E-state index < -0.39 is 11.8 Å². The lowest BCUT2D eigenvalue weighted by atomic mass is 10.1. The highest BCUT2D eigenvalue weighted by molar-refractivity contribution is 6.03. The first-order valence-corrected chi connectivity index (χ1v) is 12.6. The number of hydrogen-bond donors (Lipinski definition) is 3. The number of fused-ring (bicyclic) bond motifs is 1. The molecule has 0 radical (unpaired) electrons. The number of phenolic OH excluding ortho intramolecular Hbond substituents is 2. The molecule has 3 amide bonds. The molecule has 1 fully saturated rings. The molecule has 0 spiro atoms. The van der Waals surface area contributed by atoms with E-state index in [1.807, 2.05) is 25.1 Å². The molecule has 0 aliphatic carbocycles. The van der Waals surface area contributed by atoms with Gasteiger partial charge in [0.05, 0.1) is 24.3 Å². The van der Waals surface area contributed by atoms with Crippen molar-refractivity contribution >= 4 is 17.7 Å². The van der Waals surface area contributed by atoms with Gasteiger partial charge in [-0.25, -0.2) is 0 Å². The maximum absolute atomic E-state index is 13.3. The van der Waals surface area contributed by atoms with Crippen molar-refractivity contribution in [2.75, 3.05) is 46.4 Å². The summed E-state index contributed by atoms with van der Waals surface area (Å²) in [4.78, 5) is 42.6. The molecule has 0 atom stereocenters. The average molecular weight is 511 g/mol. The van der Waals surface area contributed by atoms with Crippen molar-refractivity contribution in [3.63, 3.8) is 0 Å². The Bertz CT molecular complexity index is 1180. The van der Waals surface area contributed by atoms with Gasteiger partial charge in [0.2, 0.25) is 5.91 Å². The number of aromatic hydroxyl groups is 2. The summed E-state index contributed by atoms with van der Waals surface area (Å²) in [7, 11) is 1.63. The molecule has 2 aliphatic heterocycles. The Hall–Kier alpha value is -3.79. The van der Waals surface area contributed by atoms with E-state index in [-0.39, 0.29) is 28.5 Å². The fourth-order valence-corrected chi connectivity index (χ4v) is 4.70. The summed E-state index contributed by atoms with van der Waals surface area (Å²) in [5.41, 5.74) is 1.89. The summed E-state index contributed by atoms with van der Waals surface area (Å²) in [6.45, 7) is 6.39. The normalized spacial score (nSPS) is 15.3. The van der Waals surface area contributed by atoms with Crippen LogP contribution in [-0.2, 0) is 17.9 Å². The van der Waals surface area contributed by atoms with Crippen LogP contribution in [0.2, 0.25) is 0 Å². The van der Waals surface area contributed by atoms with E-state index >= 15 is 0 Å². The minimum absolute atomic E-state index is 0.0188. The molecule has 2 heterocycles. The van der Waals surface area contributed by atoms with Crippen molar-refractivity contribution in [2.24, 2.45) is 0 Å². The number of carbonyl (C=O) groups is 3. The van der Waals surface area contributed by atoms with Gasteiger partial charge < -0.3 is 30.1 Å². The number of piperazine rings is 1. The second-order valence-electron chi connectivity index (χ2n) is 9.53. The van der Waals surface area contributed by atoms with Crippen molar-refractivity contribution in [3.05, 3.63) is 52.6 Å². The van der Waals surface area contributed by atoms with Crippen LogP contribution in [0.25, 0.3) is 0 Å². The Morgan fingerprint density at radius 3 is 2.57 bits per heavy atom. The van der Waals surface area contributed by atoms with Gasteiger partial charge in [-0.3, -0.25) is 19.3 Å². The average Bonchev–Trinajstić information content (AvgIpc) is 3.30. The quantitative estimate of drug-likeness (QED) is 0.441. The molecule has 2 aromatic rings. The molecule has 0 bridgehead atoms. The number of ether oxygens (including phenoxy) is 1. The maximum atomic E-state index is 13.3. The van der Waals surface area contributed by atoms with Gasteiger partial charge in [-0.1, -0.05) is 13.0 Å². The molecule has 0 saturated carbocycles. The van der Waals surface area contributed by atoms with Crippen molar-refractivity contribution in [3.8, 4) is 17.2 Å². The number of amides is 3. The van der Waals surface area contributed by atoms with Gasteiger partial charge in [0.15, 0.2) is 0 Å². The van der Waals surface area contributed by atoms with Crippen LogP contribution in [0.3, 0.4) is 0 Å². The first-order chi connectivity index (χ1) is 17.8. The molecule has 1 saturated heterocycles. The Morgan fingerprint density at radius 1 is 1.05 bits per heavy atom. The van der Waals surface area contributed by atoms with Gasteiger partial charge in [0.1, 0.15) is 17.2 Å². The fraction of sp³-hybridized carbons (Fsp3) is 0.444. The van der Waals surface area contributed by atoms with E-state index in [4.69, 9.17) is 4.74 Å². The summed E-state index contributed by atoms with van der Waals surface area (Å²) in [6.07, 6.45) is 1.55. The lowest BCUT2D eigenvalue weighted by Gasteiger charge is -2.26. The third-order valence-electron chi connectivity index (χ3n) is 6.67. The van der Waals surface area contributed by atoms with Crippen LogP contribution in [0.15, 0.2) is 30.3 Å². The number of carbonyl (C=O) groups excluding carboxylic acids is 3. The lowest BCUT2D eigenvalue weighted by Crippen LogP contribution is -2.47. The molecule has 3 N–H and O–H groups in total. The highest BCUT2D eigenvalue weighted by atomic mass is 16.5. The van der Waals surface area contributed by atoms with Crippen LogP contribution in [0.4, 0.5) is 0 Å². The summed E-state index contributed by atoms with van der Waals surface area (Å²) in [6, 6.07) is 8.04. The van der Waals surface area contributed by atoms with Crippen LogP contribution in [0.1, 0.15) is 51.6 Å². The van der Waals surface area contributed by atoms with E-state index in [0.717, 1.165) is 43.1 Å². The van der Waals surface area contributed by atoms with E-state index in [0.29, 0.717) is 45.1 Å². The second-order valence-corrected chi connectivity index (χ2v) is 9.53. The zero-order chi connectivity index (χ0) is 26.5. The molecule has 37 heavy (non-hydrogen) atoms. The van der Waals surface area contributed by atoms with E-state index in [1.165, 1.54) is 11.0 Å². The predicted octanol–water partition coefficient (Wildman–Crippen LogP) is 1.94. The Balaban J connectivity index is 1.37. The second kappa shape index (κ2) is 11.5. The molecule has 0 unspecified atom stereocenters. The topological polar surface area (TPSA) is 123 Å². The number of phenols is 2. The van der Waals surface area contributed by atoms with Crippen LogP contribution in [0, 0.1) is 0 Å². The van der Waals surface area contributed by atoms with Gasteiger partial charge in [0, 0.05) is 52.4 Å². The van der Waals surface area contributed by atoms with Crippen LogP contribution in [0.5, 0.6) is 17.2 Å². The van der Waals surface area contributed by atoms with Gasteiger partial charge >= 0.3 is 0 Å². The molecule has 2 aliphatic rings. The predicted molar refractivity (Wildman–Crippen MR) is 137 cm³/mol. The third-order valence-corrected chi connectivity index (χ3v) is 6.67. The maximum Gasteiger partial charge on any atom is 0.258 e. The minimum Gasteiger partial charge on any atom is -0.507 e. The highest BCUT2D eigenvalue weighted by Gasteiger charge is 2.28. The van der Waals surface area contributed by atoms with E-state index in [1.54, 1.807) is 11.9 Å². The lowest BCUT2D eigenvalue weighted by molar-refractivity contribution is -0.124. The number of nitrogens with zero attached hydrogens (tertiary/aromatic N) is 3. The molecule has 198 valence electrons. The molecule has 2 aromatic carbocycles. The van der Waals surface area contributed by atoms with Gasteiger partial charge in [-0.2, -0.15) is 0 Å². The number of rotatable bonds is 9. The summed E-state index contributed by atoms with van der Waals surface area (Å²) >= 11 is 0. The standard InChI is InChI=1S/C27H34N4O6/c1-3-8-29(2)26(35)21-13-22(24(33)14-23(21)32)27(36)31-15-18-5-6-20(12-19(18)16-31)37-11-4-9-30-10-7-28-25(34)17-30/h5-6,12-14,32-33H,3-4,7-11,15-17H2,1-2H3,(H,28,34). The Labute approximate surface area is 216 Å². The SMILES string of the molecule is CCCN(C)C(=O)c1cc(C(=O)N2Cc3ccc(OCCCN4CCNC(=O)C4)cc3C2)c(O)cc1O. The summed E-state index contributed by atoms with van der Waals surface area (Å²) in [5.74, 6) is -0.807. The van der Waals surface area contributed by atoms with E-state index in [2.05, 4.69) is 10.2 Å². The number of hydrogen-bond acceptors (Lipinski definition) is 7. The first kappa shape index (κ1) is 26.3. The van der Waals surface area contributed by atoms with Gasteiger partial charge in [0.25, 0.3) is 11.8 Å². The minimum atomic E-state index is -0.422. The van der Waals surface area contributed by atoms with Crippen molar-refractivity contribution < 1.29 is 29.3 Å². The van der Waals surface area contributed by atoms with Crippen LogP contribution in [-0.4, -0.2) is 89.0 Å². The smallest absolute Gasteiger partial charge is 0.258 e. The fourth-order valence-electron chi connectivity index (χ4n) is 4.70. The molecule has 10 nitrogen and oxygen atoms in total. The Kier molecular flexibility index (Phi) is 8.17.